The lowest BCUT2D eigenvalue weighted by Crippen LogP contribution is -2.32. The van der Waals surface area contributed by atoms with Crippen LogP contribution in [-0.4, -0.2) is 33.7 Å². The molecular formula is C18H20N2O4S. The molecule has 132 valence electrons. The largest absolute Gasteiger partial charge is 0.495 e. The van der Waals surface area contributed by atoms with Crippen LogP contribution < -0.4 is 14.4 Å². The van der Waals surface area contributed by atoms with Gasteiger partial charge < -0.3 is 10.1 Å². The van der Waals surface area contributed by atoms with Crippen LogP contribution in [0.5, 0.6) is 5.75 Å². The first-order valence-electron chi connectivity index (χ1n) is 8.02. The lowest BCUT2D eigenvalue weighted by Gasteiger charge is -2.19. The van der Waals surface area contributed by atoms with Crippen molar-refractivity contribution in [1.29, 1.82) is 0 Å². The van der Waals surface area contributed by atoms with Crippen LogP contribution in [0, 0.1) is 0 Å². The molecule has 7 heteroatoms. The summed E-state index contributed by atoms with van der Waals surface area (Å²) in [5.41, 5.74) is 2.26. The number of carbonyl (C=O) groups is 1. The van der Waals surface area contributed by atoms with Gasteiger partial charge in [-0.2, -0.15) is 0 Å². The molecule has 0 aromatic heterocycles. The SMILES string of the molecule is COc1ccccc1NC(=O)CCS(=O)(=O)N1CCc2ccccc21. The summed E-state index contributed by atoms with van der Waals surface area (Å²) < 4.78 is 31.8. The maximum atomic E-state index is 12.6. The number of hydrogen-bond acceptors (Lipinski definition) is 4. The summed E-state index contributed by atoms with van der Waals surface area (Å²) in [4.78, 5) is 12.1. The fraction of sp³-hybridized carbons (Fsp3) is 0.278. The Hall–Kier alpha value is -2.54. The third-order valence-electron chi connectivity index (χ3n) is 4.15. The monoisotopic (exact) mass is 360 g/mol. The first-order valence-corrected chi connectivity index (χ1v) is 9.63. The number of benzene rings is 2. The van der Waals surface area contributed by atoms with Gasteiger partial charge in [0, 0.05) is 13.0 Å². The van der Waals surface area contributed by atoms with Gasteiger partial charge >= 0.3 is 0 Å². The number of rotatable bonds is 6. The van der Waals surface area contributed by atoms with E-state index in [1.807, 2.05) is 18.2 Å². The maximum Gasteiger partial charge on any atom is 0.235 e. The van der Waals surface area contributed by atoms with E-state index in [9.17, 15) is 13.2 Å². The number of sulfonamides is 1. The maximum absolute atomic E-state index is 12.6. The highest BCUT2D eigenvalue weighted by Crippen LogP contribution is 2.30. The minimum absolute atomic E-state index is 0.112. The predicted octanol–water partition coefficient (Wildman–Crippen LogP) is 2.42. The summed E-state index contributed by atoms with van der Waals surface area (Å²) in [7, 11) is -2.02. The van der Waals surface area contributed by atoms with Crippen LogP contribution in [0.1, 0.15) is 12.0 Å². The molecule has 25 heavy (non-hydrogen) atoms. The van der Waals surface area contributed by atoms with Crippen molar-refractivity contribution in [3.8, 4) is 5.75 Å². The van der Waals surface area contributed by atoms with Crippen molar-refractivity contribution in [3.05, 3.63) is 54.1 Å². The highest BCUT2D eigenvalue weighted by Gasteiger charge is 2.29. The van der Waals surface area contributed by atoms with Gasteiger partial charge in [-0.05, 0) is 30.2 Å². The van der Waals surface area contributed by atoms with E-state index in [0.29, 0.717) is 30.1 Å². The average Bonchev–Trinajstić information content (AvgIpc) is 3.05. The molecular weight excluding hydrogens is 340 g/mol. The number of fused-ring (bicyclic) bond motifs is 1. The second kappa shape index (κ2) is 7.14. The normalized spacial score (nSPS) is 13.4. The van der Waals surface area contributed by atoms with Crippen LogP contribution in [0.2, 0.25) is 0 Å². The van der Waals surface area contributed by atoms with Gasteiger partial charge in [0.15, 0.2) is 0 Å². The Morgan fingerprint density at radius 1 is 1.16 bits per heavy atom. The van der Waals surface area contributed by atoms with E-state index in [1.165, 1.54) is 11.4 Å². The topological polar surface area (TPSA) is 75.7 Å². The third kappa shape index (κ3) is 3.76. The molecule has 1 heterocycles. The van der Waals surface area contributed by atoms with Gasteiger partial charge in [-0.1, -0.05) is 30.3 Å². The van der Waals surface area contributed by atoms with Crippen molar-refractivity contribution >= 4 is 27.3 Å². The Bertz CT molecular complexity index is 880. The van der Waals surface area contributed by atoms with Gasteiger partial charge in [0.25, 0.3) is 0 Å². The number of nitrogens with zero attached hydrogens (tertiary/aromatic N) is 1. The molecule has 1 aliphatic rings. The Morgan fingerprint density at radius 3 is 2.68 bits per heavy atom. The minimum atomic E-state index is -3.54. The molecule has 0 atom stereocenters. The van der Waals surface area contributed by atoms with E-state index in [-0.39, 0.29) is 18.1 Å². The first kappa shape index (κ1) is 17.3. The van der Waals surface area contributed by atoms with Crippen molar-refractivity contribution in [1.82, 2.24) is 0 Å². The molecule has 2 aromatic rings. The number of amides is 1. The number of carbonyl (C=O) groups excluding carboxylic acids is 1. The van der Waals surface area contributed by atoms with E-state index >= 15 is 0 Å². The van der Waals surface area contributed by atoms with Crippen LogP contribution in [0.4, 0.5) is 11.4 Å². The van der Waals surface area contributed by atoms with Crippen LogP contribution in [-0.2, 0) is 21.2 Å². The predicted molar refractivity (Wildman–Crippen MR) is 97.5 cm³/mol. The van der Waals surface area contributed by atoms with E-state index in [2.05, 4.69) is 5.32 Å². The molecule has 2 aromatic carbocycles. The quantitative estimate of drug-likeness (QED) is 0.858. The number of para-hydroxylation sites is 3. The number of anilines is 2. The molecule has 1 aliphatic heterocycles. The molecule has 0 radical (unpaired) electrons. The lowest BCUT2D eigenvalue weighted by atomic mass is 10.2. The molecule has 0 fully saturated rings. The van der Waals surface area contributed by atoms with Crippen LogP contribution in [0.25, 0.3) is 0 Å². The summed E-state index contributed by atoms with van der Waals surface area (Å²) in [6.45, 7) is 0.426. The second-order valence-electron chi connectivity index (χ2n) is 5.77. The molecule has 1 N–H and O–H groups in total. The second-order valence-corrected chi connectivity index (χ2v) is 7.78. The van der Waals surface area contributed by atoms with Crippen LogP contribution in [0.3, 0.4) is 0 Å². The number of hydrogen-bond donors (Lipinski definition) is 1. The highest BCUT2D eigenvalue weighted by molar-refractivity contribution is 7.92. The zero-order valence-electron chi connectivity index (χ0n) is 13.9. The Labute approximate surface area is 147 Å². The van der Waals surface area contributed by atoms with Crippen molar-refractivity contribution in [2.75, 3.05) is 29.0 Å². The zero-order chi connectivity index (χ0) is 17.9. The standard InChI is InChI=1S/C18H20N2O4S/c1-24-17-9-5-3-7-15(17)19-18(21)11-13-25(22,23)20-12-10-14-6-2-4-8-16(14)20/h2-9H,10-13H2,1H3,(H,19,21). The summed E-state index contributed by atoms with van der Waals surface area (Å²) in [6, 6.07) is 14.5. The smallest absolute Gasteiger partial charge is 0.235 e. The lowest BCUT2D eigenvalue weighted by molar-refractivity contribution is -0.115. The summed E-state index contributed by atoms with van der Waals surface area (Å²) >= 11 is 0. The molecule has 1 amide bonds. The molecule has 0 unspecified atom stereocenters. The van der Waals surface area contributed by atoms with Gasteiger partial charge in [0.2, 0.25) is 15.9 Å². The molecule has 0 spiro atoms. The van der Waals surface area contributed by atoms with Crippen LogP contribution >= 0.6 is 0 Å². The average molecular weight is 360 g/mol. The summed E-state index contributed by atoms with van der Waals surface area (Å²) in [5, 5.41) is 2.70. The van der Waals surface area contributed by atoms with Crippen molar-refractivity contribution in [2.45, 2.75) is 12.8 Å². The third-order valence-corrected chi connectivity index (χ3v) is 5.92. The van der Waals surface area contributed by atoms with E-state index in [0.717, 1.165) is 5.56 Å². The first-order chi connectivity index (χ1) is 12.0. The van der Waals surface area contributed by atoms with Gasteiger partial charge in [-0.15, -0.1) is 0 Å². The Kier molecular flexibility index (Phi) is 4.94. The fourth-order valence-electron chi connectivity index (χ4n) is 2.89. The minimum Gasteiger partial charge on any atom is -0.495 e. The van der Waals surface area contributed by atoms with Crippen molar-refractivity contribution in [2.24, 2.45) is 0 Å². The van der Waals surface area contributed by atoms with Gasteiger partial charge in [-0.25, -0.2) is 8.42 Å². The fourth-order valence-corrected chi connectivity index (χ4v) is 4.40. The number of ether oxygens (including phenoxy) is 1. The van der Waals surface area contributed by atoms with E-state index in [4.69, 9.17) is 4.74 Å². The molecule has 6 nitrogen and oxygen atoms in total. The molecule has 0 saturated carbocycles. The Morgan fingerprint density at radius 2 is 1.88 bits per heavy atom. The Balaban J connectivity index is 1.64. The van der Waals surface area contributed by atoms with Crippen molar-refractivity contribution < 1.29 is 17.9 Å². The molecule has 0 bridgehead atoms. The van der Waals surface area contributed by atoms with Gasteiger partial charge in [-0.3, -0.25) is 9.10 Å². The highest BCUT2D eigenvalue weighted by atomic mass is 32.2. The van der Waals surface area contributed by atoms with Gasteiger partial charge in [0.05, 0.1) is 24.2 Å². The molecule has 0 aliphatic carbocycles. The van der Waals surface area contributed by atoms with E-state index in [1.54, 1.807) is 30.3 Å². The van der Waals surface area contributed by atoms with E-state index < -0.39 is 10.0 Å². The zero-order valence-corrected chi connectivity index (χ0v) is 14.8. The summed E-state index contributed by atoms with van der Waals surface area (Å²) in [5.74, 6) is -0.0600. The van der Waals surface area contributed by atoms with Gasteiger partial charge in [0.1, 0.15) is 5.75 Å². The molecule has 0 saturated heterocycles. The number of methoxy groups -OCH3 is 1. The van der Waals surface area contributed by atoms with Crippen LogP contribution in [0.15, 0.2) is 48.5 Å². The number of nitrogens with one attached hydrogen (secondary N) is 1. The van der Waals surface area contributed by atoms with Crippen molar-refractivity contribution in [3.63, 3.8) is 0 Å². The molecule has 3 rings (SSSR count). The summed E-state index contributed by atoms with van der Waals surface area (Å²) in [6.07, 6.45) is 0.585.